The third-order valence-corrected chi connectivity index (χ3v) is 8.68. The molecule has 2 unspecified atom stereocenters. The van der Waals surface area contributed by atoms with Gasteiger partial charge in [0.2, 0.25) is 0 Å². The number of nitrogens with zero attached hydrogens (tertiary/aromatic N) is 1. The van der Waals surface area contributed by atoms with Gasteiger partial charge in [0.15, 0.2) is 5.78 Å². The average Bonchev–Trinajstić information content (AvgIpc) is 3.52. The number of hydrogen-bond acceptors (Lipinski definition) is 5. The van der Waals surface area contributed by atoms with Crippen LogP contribution >= 0.6 is 0 Å². The van der Waals surface area contributed by atoms with Crippen molar-refractivity contribution < 1.29 is 18.5 Å². The summed E-state index contributed by atoms with van der Waals surface area (Å²) >= 11 is 0. The lowest BCUT2D eigenvalue weighted by Gasteiger charge is -2.32. The highest BCUT2D eigenvalue weighted by atomic mass is 32.2. The topological polar surface area (TPSA) is 63.7 Å². The van der Waals surface area contributed by atoms with Crippen molar-refractivity contribution in [1.29, 1.82) is 0 Å². The van der Waals surface area contributed by atoms with Gasteiger partial charge in [-0.3, -0.25) is 9.59 Å². The van der Waals surface area contributed by atoms with E-state index in [0.29, 0.717) is 28.3 Å². The Morgan fingerprint density at radius 3 is 2.33 bits per heavy atom. The van der Waals surface area contributed by atoms with E-state index in [4.69, 9.17) is 4.74 Å². The van der Waals surface area contributed by atoms with Gasteiger partial charge in [-0.1, -0.05) is 66.7 Å². The number of ketones is 1. The molecule has 0 aromatic heterocycles. The third kappa shape index (κ3) is 2.91. The van der Waals surface area contributed by atoms with Gasteiger partial charge in [-0.05, 0) is 41.0 Å². The summed E-state index contributed by atoms with van der Waals surface area (Å²) in [6.45, 7) is 0.317. The lowest BCUT2D eigenvalue weighted by atomic mass is 9.75. The number of rotatable bonds is 3. The molecule has 0 N–H and O–H groups in total. The first kappa shape index (κ1) is 21.3. The molecule has 1 fully saturated rings. The van der Waals surface area contributed by atoms with E-state index in [0.717, 1.165) is 22.4 Å². The van der Waals surface area contributed by atoms with Gasteiger partial charge in [-0.25, -0.2) is 4.21 Å². The van der Waals surface area contributed by atoms with E-state index in [2.05, 4.69) is 29.2 Å². The van der Waals surface area contributed by atoms with Crippen molar-refractivity contribution in [2.75, 3.05) is 6.54 Å². The highest BCUT2D eigenvalue weighted by Crippen LogP contribution is 2.56. The SMILES string of the molecule is O=C1C=C2C(=CC1)N(C(c1ccccc1)c1ccccc1)CC21C(=O)Oc2cc3c(cc21)S(=O)C=C3. The minimum Gasteiger partial charge on any atom is -0.425 e. The molecule has 1 saturated heterocycles. The molecule has 3 aliphatic heterocycles. The van der Waals surface area contributed by atoms with E-state index in [1.54, 1.807) is 23.6 Å². The molecule has 3 aromatic carbocycles. The van der Waals surface area contributed by atoms with Gasteiger partial charge in [0.05, 0.1) is 21.7 Å². The van der Waals surface area contributed by atoms with E-state index in [1.165, 1.54) is 0 Å². The van der Waals surface area contributed by atoms with E-state index in [1.807, 2.05) is 48.5 Å². The zero-order valence-corrected chi connectivity index (χ0v) is 20.0. The Morgan fingerprint density at radius 1 is 0.944 bits per heavy atom. The Balaban J connectivity index is 1.45. The Bertz CT molecular complexity index is 1530. The molecule has 0 amide bonds. The smallest absolute Gasteiger partial charge is 0.328 e. The molecule has 36 heavy (non-hydrogen) atoms. The number of carbonyl (C=O) groups excluding carboxylic acids is 2. The van der Waals surface area contributed by atoms with Gasteiger partial charge in [0, 0.05) is 35.2 Å². The number of benzene rings is 3. The van der Waals surface area contributed by atoms with E-state index < -0.39 is 22.2 Å². The molecule has 1 aliphatic carbocycles. The Hall–Kier alpha value is -4.03. The molecule has 0 bridgehead atoms. The molecule has 5 nitrogen and oxygen atoms in total. The maximum absolute atomic E-state index is 13.7. The lowest BCUT2D eigenvalue weighted by Crippen LogP contribution is -2.39. The molecular formula is C30H21NO4S. The Kier molecular flexibility index (Phi) is 4.57. The summed E-state index contributed by atoms with van der Waals surface area (Å²) < 4.78 is 18.5. The fourth-order valence-corrected chi connectivity index (χ4v) is 6.91. The number of carbonyl (C=O) groups is 2. The zero-order chi connectivity index (χ0) is 24.4. The van der Waals surface area contributed by atoms with Gasteiger partial charge in [-0.2, -0.15) is 0 Å². The van der Waals surface area contributed by atoms with Crippen LogP contribution in [0.15, 0.2) is 107 Å². The van der Waals surface area contributed by atoms with Crippen LogP contribution in [0, 0.1) is 0 Å². The maximum atomic E-state index is 13.7. The number of likely N-dealkylation sites (tertiary alicyclic amines) is 1. The standard InChI is InChI=1S/C30H21NO4S/c32-22-11-12-25-23(16-22)30(24-17-27-21(13-14-36(27)34)15-26(24)35-29(30)33)18-31(25)28(19-7-3-1-4-8-19)20-9-5-2-6-10-20/h1-10,12-17,28H,11,18H2. The monoisotopic (exact) mass is 491 g/mol. The summed E-state index contributed by atoms with van der Waals surface area (Å²) in [5.74, 6) is 0.0298. The van der Waals surface area contributed by atoms with Crippen LogP contribution in [0.1, 0.15) is 34.7 Å². The fraction of sp³-hybridized carbons (Fsp3) is 0.133. The first-order chi connectivity index (χ1) is 17.6. The predicted molar refractivity (Wildman–Crippen MR) is 136 cm³/mol. The first-order valence-corrected chi connectivity index (χ1v) is 13.1. The van der Waals surface area contributed by atoms with Crippen LogP contribution in [-0.2, 0) is 25.8 Å². The summed E-state index contributed by atoms with van der Waals surface area (Å²) in [5.41, 5.74) is 4.02. The van der Waals surface area contributed by atoms with Crippen molar-refractivity contribution in [2.24, 2.45) is 0 Å². The lowest BCUT2D eigenvalue weighted by molar-refractivity contribution is -0.136. The summed E-state index contributed by atoms with van der Waals surface area (Å²) in [4.78, 5) is 29.3. The quantitative estimate of drug-likeness (QED) is 0.388. The number of hydrogen-bond donors (Lipinski definition) is 0. The third-order valence-electron chi connectivity index (χ3n) is 7.51. The molecule has 3 aromatic rings. The van der Waals surface area contributed by atoms with Crippen LogP contribution in [0.4, 0.5) is 0 Å². The molecule has 2 atom stereocenters. The van der Waals surface area contributed by atoms with Crippen molar-refractivity contribution in [3.8, 4) is 5.75 Å². The molecule has 0 radical (unpaired) electrons. The largest absolute Gasteiger partial charge is 0.425 e. The van der Waals surface area contributed by atoms with Crippen LogP contribution in [0.25, 0.3) is 6.08 Å². The molecule has 0 saturated carbocycles. The Labute approximate surface area is 210 Å². The van der Waals surface area contributed by atoms with Crippen molar-refractivity contribution in [3.63, 3.8) is 0 Å². The molecule has 1 spiro atoms. The van der Waals surface area contributed by atoms with E-state index in [9.17, 15) is 13.8 Å². The fourth-order valence-electron chi connectivity index (χ4n) is 5.90. The molecule has 176 valence electrons. The van der Waals surface area contributed by atoms with Gasteiger partial charge in [0.1, 0.15) is 11.2 Å². The van der Waals surface area contributed by atoms with Gasteiger partial charge < -0.3 is 9.64 Å². The van der Waals surface area contributed by atoms with Crippen molar-refractivity contribution in [2.45, 2.75) is 22.8 Å². The maximum Gasteiger partial charge on any atom is 0.328 e. The highest BCUT2D eigenvalue weighted by Gasteiger charge is 2.60. The molecule has 3 heterocycles. The van der Waals surface area contributed by atoms with Crippen LogP contribution < -0.4 is 4.74 Å². The highest BCUT2D eigenvalue weighted by molar-refractivity contribution is 7.88. The normalized spacial score (nSPS) is 23.5. The van der Waals surface area contributed by atoms with Crippen LogP contribution in [0.3, 0.4) is 0 Å². The minimum absolute atomic E-state index is 0.0430. The number of fused-ring (bicyclic) bond motifs is 5. The summed E-state index contributed by atoms with van der Waals surface area (Å²) in [7, 11) is -1.27. The second-order valence-electron chi connectivity index (χ2n) is 9.45. The predicted octanol–water partition coefficient (Wildman–Crippen LogP) is 4.82. The van der Waals surface area contributed by atoms with Gasteiger partial charge in [-0.15, -0.1) is 0 Å². The summed E-state index contributed by atoms with van der Waals surface area (Å²) in [6.07, 6.45) is 5.62. The van der Waals surface area contributed by atoms with E-state index in [-0.39, 0.29) is 18.2 Å². The number of ether oxygens (including phenoxy) is 1. The van der Waals surface area contributed by atoms with Crippen molar-refractivity contribution in [1.82, 2.24) is 4.90 Å². The molecular weight excluding hydrogens is 470 g/mol. The first-order valence-electron chi connectivity index (χ1n) is 11.9. The van der Waals surface area contributed by atoms with Crippen LogP contribution in [0.2, 0.25) is 0 Å². The minimum atomic E-state index is -1.27. The van der Waals surface area contributed by atoms with Crippen LogP contribution in [0.5, 0.6) is 5.75 Å². The second-order valence-corrected chi connectivity index (χ2v) is 10.8. The molecule has 4 aliphatic rings. The summed E-state index contributed by atoms with van der Waals surface area (Å²) in [6, 6.07) is 23.8. The molecule has 6 heteroatoms. The second kappa shape index (κ2) is 7.73. The van der Waals surface area contributed by atoms with Gasteiger partial charge >= 0.3 is 5.97 Å². The Morgan fingerprint density at radius 2 is 1.64 bits per heavy atom. The van der Waals surface area contributed by atoms with Crippen LogP contribution in [-0.4, -0.2) is 27.4 Å². The van der Waals surface area contributed by atoms with Crippen molar-refractivity contribution >= 4 is 28.6 Å². The van der Waals surface area contributed by atoms with Crippen molar-refractivity contribution in [3.05, 3.63) is 124 Å². The van der Waals surface area contributed by atoms with E-state index >= 15 is 0 Å². The average molecular weight is 492 g/mol. The zero-order valence-electron chi connectivity index (χ0n) is 19.2. The van der Waals surface area contributed by atoms with Gasteiger partial charge in [0.25, 0.3) is 0 Å². The molecule has 7 rings (SSSR count). The number of esters is 1. The summed E-state index contributed by atoms with van der Waals surface area (Å²) in [5, 5.41) is 1.64. The number of allylic oxidation sites excluding steroid dienone is 3.